The maximum Gasteiger partial charge on any atom is 0.154 e. The second kappa shape index (κ2) is 10.0. The first-order chi connectivity index (χ1) is 10.8. The number of nitriles is 1. The molecule has 23 heavy (non-hydrogen) atoms. The summed E-state index contributed by atoms with van der Waals surface area (Å²) in [7, 11) is 0. The highest BCUT2D eigenvalue weighted by molar-refractivity contribution is 5.82. The van der Waals surface area contributed by atoms with Gasteiger partial charge in [0.25, 0.3) is 0 Å². The molecule has 0 saturated carbocycles. The number of aldehydes is 1. The Kier molecular flexibility index (Phi) is 8.80. The minimum absolute atomic E-state index is 0.0972. The van der Waals surface area contributed by atoms with Gasteiger partial charge in [0.15, 0.2) is 6.29 Å². The Morgan fingerprint density at radius 3 is 1.83 bits per heavy atom. The molecule has 0 aromatic heterocycles. The number of hydrogen-bond acceptors (Lipinski definition) is 4. The largest absolute Gasteiger partial charge is 0.508 e. The maximum atomic E-state index is 10.4. The van der Waals surface area contributed by atoms with Crippen LogP contribution < -0.4 is 0 Å². The predicted molar refractivity (Wildman–Crippen MR) is 91.8 cm³/mol. The number of aryl methyl sites for hydroxylation is 4. The van der Waals surface area contributed by atoms with Crippen LogP contribution in [0.25, 0.3) is 0 Å². The van der Waals surface area contributed by atoms with Gasteiger partial charge in [0.2, 0.25) is 0 Å². The van der Waals surface area contributed by atoms with Gasteiger partial charge in [0.05, 0.1) is 11.6 Å². The Morgan fingerprint density at radius 2 is 1.43 bits per heavy atom. The van der Waals surface area contributed by atoms with Crippen LogP contribution in [0, 0.1) is 39.0 Å². The van der Waals surface area contributed by atoms with Gasteiger partial charge in [0.1, 0.15) is 11.5 Å². The molecule has 0 radical (unpaired) electrons. The van der Waals surface area contributed by atoms with Crippen LogP contribution in [0.15, 0.2) is 30.3 Å². The van der Waals surface area contributed by atoms with Gasteiger partial charge in [-0.3, -0.25) is 4.79 Å². The zero-order valence-corrected chi connectivity index (χ0v) is 14.2. The predicted octanol–water partition coefficient (Wildman–Crippen LogP) is 4.36. The number of carbonyl (C=O) groups is 1. The number of phenols is 2. The van der Waals surface area contributed by atoms with Gasteiger partial charge in [-0.25, -0.2) is 0 Å². The molecule has 4 heteroatoms. The van der Waals surface area contributed by atoms with Gasteiger partial charge in [-0.1, -0.05) is 24.3 Å². The van der Waals surface area contributed by atoms with E-state index >= 15 is 0 Å². The third-order valence-corrected chi connectivity index (χ3v) is 3.12. The van der Waals surface area contributed by atoms with Crippen molar-refractivity contribution in [2.45, 2.75) is 34.6 Å². The zero-order valence-electron chi connectivity index (χ0n) is 14.2. The van der Waals surface area contributed by atoms with Gasteiger partial charge in [-0.2, -0.15) is 5.26 Å². The molecule has 0 amide bonds. The Balaban J connectivity index is 0.000000365. The number of hydrogen-bond donors (Lipinski definition) is 2. The smallest absolute Gasteiger partial charge is 0.154 e. The quantitative estimate of drug-likeness (QED) is 0.766. The molecular weight excluding hydrogens is 290 g/mol. The highest BCUT2D eigenvalue weighted by Gasteiger charge is 2.05. The topological polar surface area (TPSA) is 81.3 Å². The summed E-state index contributed by atoms with van der Waals surface area (Å²) in [4.78, 5) is 10.4. The Labute approximate surface area is 137 Å². The number of benzene rings is 2. The van der Waals surface area contributed by atoms with Gasteiger partial charge < -0.3 is 10.2 Å². The Morgan fingerprint density at radius 1 is 0.957 bits per heavy atom. The molecule has 0 aliphatic heterocycles. The standard InChI is InChI=1S/C9H10O2.C8H10O.C2H3N/c1-6-3-4-7(2)9(11)8(6)5-10;1-6-3-4-7(2)8(9)5-6;1-2-3/h3-5,11H,1-2H3;3-5,9H,1-2H3;1H3. The van der Waals surface area contributed by atoms with Crippen LogP contribution >= 0.6 is 0 Å². The van der Waals surface area contributed by atoms with E-state index in [2.05, 4.69) is 0 Å². The molecule has 0 heterocycles. The Hall–Kier alpha value is -2.80. The zero-order chi connectivity index (χ0) is 18.0. The SMILES string of the molecule is CC#N.Cc1ccc(C)c(C=O)c1O.Cc1ccc(C)c(O)c1. The minimum atomic E-state index is 0.0972. The first-order valence-electron chi connectivity index (χ1n) is 7.09. The molecule has 0 fully saturated rings. The molecule has 2 rings (SSSR count). The molecule has 2 N–H and O–H groups in total. The van der Waals surface area contributed by atoms with E-state index in [0.717, 1.165) is 22.3 Å². The molecule has 4 nitrogen and oxygen atoms in total. The summed E-state index contributed by atoms with van der Waals surface area (Å²) in [6.45, 7) is 8.83. The van der Waals surface area contributed by atoms with Crippen molar-refractivity contribution >= 4 is 6.29 Å². The highest BCUT2D eigenvalue weighted by Crippen LogP contribution is 2.22. The summed E-state index contributed by atoms with van der Waals surface area (Å²) in [5.41, 5.74) is 3.96. The first-order valence-corrected chi connectivity index (χ1v) is 7.09. The molecule has 0 unspecified atom stereocenters. The van der Waals surface area contributed by atoms with Gasteiger partial charge in [-0.15, -0.1) is 0 Å². The lowest BCUT2D eigenvalue weighted by molar-refractivity contribution is 0.112. The van der Waals surface area contributed by atoms with Crippen LogP contribution in [0.5, 0.6) is 11.5 Å². The van der Waals surface area contributed by atoms with E-state index in [9.17, 15) is 9.90 Å². The van der Waals surface area contributed by atoms with Gasteiger partial charge in [0, 0.05) is 6.92 Å². The summed E-state index contributed by atoms with van der Waals surface area (Å²) in [5, 5.41) is 25.8. The number of rotatable bonds is 1. The maximum absolute atomic E-state index is 10.4. The molecule has 0 aliphatic carbocycles. The summed E-state index contributed by atoms with van der Waals surface area (Å²) >= 11 is 0. The molecule has 0 atom stereocenters. The number of nitrogens with zero attached hydrogens (tertiary/aromatic N) is 1. The van der Waals surface area contributed by atoms with Crippen LogP contribution in [0.2, 0.25) is 0 Å². The van der Waals surface area contributed by atoms with E-state index in [0.29, 0.717) is 17.6 Å². The summed E-state index contributed by atoms with van der Waals surface area (Å²) in [5.74, 6) is 0.481. The van der Waals surface area contributed by atoms with E-state index in [1.54, 1.807) is 32.0 Å². The fourth-order valence-electron chi connectivity index (χ4n) is 1.69. The number of carbonyl (C=O) groups excluding carboxylic acids is 1. The third kappa shape index (κ3) is 6.66. The van der Waals surface area contributed by atoms with Crippen molar-refractivity contribution in [3.63, 3.8) is 0 Å². The number of aromatic hydroxyl groups is 2. The average Bonchev–Trinajstić information content (AvgIpc) is 2.50. The molecule has 0 aliphatic rings. The normalized spacial score (nSPS) is 8.70. The van der Waals surface area contributed by atoms with Crippen molar-refractivity contribution in [3.8, 4) is 17.6 Å². The van der Waals surface area contributed by atoms with Crippen molar-refractivity contribution in [3.05, 3.63) is 58.1 Å². The average molecular weight is 313 g/mol. The molecule has 122 valence electrons. The lowest BCUT2D eigenvalue weighted by Crippen LogP contribution is -1.88. The van der Waals surface area contributed by atoms with Crippen LogP contribution in [0.1, 0.15) is 39.5 Å². The first kappa shape index (κ1) is 20.2. The van der Waals surface area contributed by atoms with E-state index < -0.39 is 0 Å². The number of phenolic OH excluding ortho intramolecular Hbond substituents is 2. The summed E-state index contributed by atoms with van der Waals surface area (Å²) in [6, 6.07) is 11.0. The summed E-state index contributed by atoms with van der Waals surface area (Å²) in [6.07, 6.45) is 0.678. The lowest BCUT2D eigenvalue weighted by Gasteiger charge is -2.03. The fraction of sp³-hybridized carbons (Fsp3) is 0.263. The van der Waals surface area contributed by atoms with E-state index in [-0.39, 0.29) is 5.75 Å². The summed E-state index contributed by atoms with van der Waals surface area (Å²) < 4.78 is 0. The third-order valence-electron chi connectivity index (χ3n) is 3.12. The minimum Gasteiger partial charge on any atom is -0.508 e. The van der Waals surface area contributed by atoms with Gasteiger partial charge >= 0.3 is 0 Å². The van der Waals surface area contributed by atoms with Crippen molar-refractivity contribution in [2.24, 2.45) is 0 Å². The van der Waals surface area contributed by atoms with Crippen molar-refractivity contribution in [1.82, 2.24) is 0 Å². The van der Waals surface area contributed by atoms with Crippen molar-refractivity contribution in [1.29, 1.82) is 5.26 Å². The van der Waals surface area contributed by atoms with Crippen molar-refractivity contribution in [2.75, 3.05) is 0 Å². The molecule has 0 bridgehead atoms. The van der Waals surface area contributed by atoms with Gasteiger partial charge in [-0.05, 0) is 56.0 Å². The van der Waals surface area contributed by atoms with Crippen LogP contribution in [0.4, 0.5) is 0 Å². The fourth-order valence-corrected chi connectivity index (χ4v) is 1.69. The highest BCUT2D eigenvalue weighted by atomic mass is 16.3. The monoisotopic (exact) mass is 313 g/mol. The van der Waals surface area contributed by atoms with Crippen LogP contribution in [-0.4, -0.2) is 16.5 Å². The van der Waals surface area contributed by atoms with Crippen LogP contribution in [-0.2, 0) is 0 Å². The molecule has 2 aromatic rings. The van der Waals surface area contributed by atoms with Crippen LogP contribution in [0.3, 0.4) is 0 Å². The van der Waals surface area contributed by atoms with E-state index in [1.807, 2.05) is 32.0 Å². The van der Waals surface area contributed by atoms with E-state index in [4.69, 9.17) is 10.4 Å². The van der Waals surface area contributed by atoms with Crippen molar-refractivity contribution < 1.29 is 15.0 Å². The molecule has 0 spiro atoms. The van der Waals surface area contributed by atoms with E-state index in [1.165, 1.54) is 6.92 Å². The molecule has 0 saturated heterocycles. The lowest BCUT2D eigenvalue weighted by atomic mass is 10.1. The second-order valence-corrected chi connectivity index (χ2v) is 5.09. The molecule has 2 aromatic carbocycles. The second-order valence-electron chi connectivity index (χ2n) is 5.09. The Bertz CT molecular complexity index is 700. The molecular formula is C19H23NO3.